The Morgan fingerprint density at radius 1 is 1.26 bits per heavy atom. The molecule has 0 atom stereocenters. The predicted molar refractivity (Wildman–Crippen MR) is 73.7 cm³/mol. The van der Waals surface area contributed by atoms with E-state index in [1.54, 1.807) is 12.1 Å². The monoisotopic (exact) mass is 280 g/mol. The summed E-state index contributed by atoms with van der Waals surface area (Å²) in [6.45, 7) is 1.46. The minimum atomic E-state index is -3.78. The predicted octanol–water partition coefficient (Wildman–Crippen LogP) is 1.84. The van der Waals surface area contributed by atoms with E-state index in [1.807, 2.05) is 22.9 Å². The van der Waals surface area contributed by atoms with Crippen LogP contribution in [0.25, 0.3) is 6.08 Å². The van der Waals surface area contributed by atoms with Gasteiger partial charge in [0.25, 0.3) is 10.0 Å². The van der Waals surface area contributed by atoms with Gasteiger partial charge in [0.2, 0.25) is 0 Å². The number of urea groups is 1. The van der Waals surface area contributed by atoms with Gasteiger partial charge < -0.3 is 5.32 Å². The van der Waals surface area contributed by atoms with Gasteiger partial charge in [-0.05, 0) is 31.4 Å². The minimum absolute atomic E-state index is 0.102. The summed E-state index contributed by atoms with van der Waals surface area (Å²) in [5, 5.41) is 2.57. The summed E-state index contributed by atoms with van der Waals surface area (Å²) < 4.78 is 25.8. The number of carbonyl (C=O) groups is 1. The molecule has 1 saturated carbocycles. The van der Waals surface area contributed by atoms with Crippen LogP contribution in [0.2, 0.25) is 0 Å². The van der Waals surface area contributed by atoms with Crippen molar-refractivity contribution in [3.63, 3.8) is 0 Å². The van der Waals surface area contributed by atoms with E-state index in [1.165, 1.54) is 13.0 Å². The number of benzene rings is 1. The van der Waals surface area contributed by atoms with Gasteiger partial charge in [-0.15, -0.1) is 0 Å². The molecule has 2 N–H and O–H groups in total. The van der Waals surface area contributed by atoms with Crippen molar-refractivity contribution < 1.29 is 13.2 Å². The number of hydrogen-bond donors (Lipinski definition) is 2. The Labute approximate surface area is 112 Å². The first kappa shape index (κ1) is 13.6. The largest absolute Gasteiger partial charge is 0.335 e. The molecule has 5 nitrogen and oxygen atoms in total. The highest BCUT2D eigenvalue weighted by Crippen LogP contribution is 2.18. The molecule has 1 fully saturated rings. The molecule has 6 heteroatoms. The number of nitrogens with one attached hydrogen (secondary N) is 2. The molecule has 0 aromatic heterocycles. The standard InChI is InChI=1S/C13H16N2O3S/c1-10(9-11-5-3-2-4-6-11)19(17,18)15-13(16)14-12-7-8-12/h2-6,9,12H,7-8H2,1H3,(H2,14,15,16). The highest BCUT2D eigenvalue weighted by atomic mass is 32.2. The molecular weight excluding hydrogens is 264 g/mol. The average Bonchev–Trinajstić information content (AvgIpc) is 3.13. The molecule has 1 aliphatic rings. The van der Waals surface area contributed by atoms with E-state index in [9.17, 15) is 13.2 Å². The van der Waals surface area contributed by atoms with Crippen LogP contribution < -0.4 is 10.0 Å². The Morgan fingerprint density at radius 2 is 1.89 bits per heavy atom. The first-order valence-electron chi connectivity index (χ1n) is 6.04. The van der Waals surface area contributed by atoms with E-state index < -0.39 is 16.1 Å². The summed E-state index contributed by atoms with van der Waals surface area (Å²) in [5.74, 6) is 0. The SMILES string of the molecule is CC(=Cc1ccccc1)S(=O)(=O)NC(=O)NC1CC1. The second-order valence-electron chi connectivity index (χ2n) is 4.52. The normalized spacial score (nSPS) is 15.9. The van der Waals surface area contributed by atoms with Gasteiger partial charge in [0.1, 0.15) is 0 Å². The van der Waals surface area contributed by atoms with E-state index in [0.29, 0.717) is 0 Å². The maximum Gasteiger partial charge on any atom is 0.328 e. The van der Waals surface area contributed by atoms with Crippen molar-refractivity contribution in [3.8, 4) is 0 Å². The van der Waals surface area contributed by atoms with E-state index in [0.717, 1.165) is 18.4 Å². The fourth-order valence-electron chi connectivity index (χ4n) is 1.51. The van der Waals surface area contributed by atoms with Crippen molar-refractivity contribution in [2.45, 2.75) is 25.8 Å². The molecule has 0 aliphatic heterocycles. The zero-order chi connectivity index (χ0) is 13.9. The maximum atomic E-state index is 11.9. The molecule has 102 valence electrons. The molecule has 0 spiro atoms. The minimum Gasteiger partial charge on any atom is -0.335 e. The van der Waals surface area contributed by atoms with Gasteiger partial charge in [-0.1, -0.05) is 30.3 Å². The van der Waals surface area contributed by atoms with Crippen LogP contribution in [0.3, 0.4) is 0 Å². The lowest BCUT2D eigenvalue weighted by atomic mass is 10.2. The third-order valence-electron chi connectivity index (χ3n) is 2.73. The highest BCUT2D eigenvalue weighted by molar-refractivity contribution is 7.94. The van der Waals surface area contributed by atoms with Crippen LogP contribution >= 0.6 is 0 Å². The summed E-state index contributed by atoms with van der Waals surface area (Å²) in [7, 11) is -3.78. The molecule has 0 bridgehead atoms. The molecule has 0 heterocycles. The number of amides is 2. The lowest BCUT2D eigenvalue weighted by Gasteiger charge is -2.08. The molecule has 1 aromatic carbocycles. The van der Waals surface area contributed by atoms with E-state index in [4.69, 9.17) is 0 Å². The lowest BCUT2D eigenvalue weighted by molar-refractivity contribution is 0.245. The van der Waals surface area contributed by atoms with Crippen molar-refractivity contribution in [3.05, 3.63) is 40.8 Å². The topological polar surface area (TPSA) is 75.3 Å². The summed E-state index contributed by atoms with van der Waals surface area (Å²) >= 11 is 0. The van der Waals surface area contributed by atoms with Crippen molar-refractivity contribution in [2.75, 3.05) is 0 Å². The number of hydrogen-bond acceptors (Lipinski definition) is 3. The lowest BCUT2D eigenvalue weighted by Crippen LogP contribution is -2.40. The van der Waals surface area contributed by atoms with Gasteiger partial charge in [0, 0.05) is 6.04 Å². The summed E-state index contributed by atoms with van der Waals surface area (Å²) in [6.07, 6.45) is 3.34. The van der Waals surface area contributed by atoms with E-state index >= 15 is 0 Å². The molecule has 0 radical (unpaired) electrons. The Hall–Kier alpha value is -1.82. The van der Waals surface area contributed by atoms with Gasteiger partial charge in [-0.25, -0.2) is 17.9 Å². The van der Waals surface area contributed by atoms with Crippen LogP contribution in [0.15, 0.2) is 35.2 Å². The number of sulfonamides is 1. The van der Waals surface area contributed by atoms with Gasteiger partial charge in [0.05, 0.1) is 4.91 Å². The summed E-state index contributed by atoms with van der Waals surface area (Å²) in [5.41, 5.74) is 0.771. The van der Waals surface area contributed by atoms with Gasteiger partial charge in [-0.3, -0.25) is 0 Å². The molecule has 0 saturated heterocycles. The quantitative estimate of drug-likeness (QED) is 0.883. The Morgan fingerprint density at radius 3 is 2.47 bits per heavy atom. The highest BCUT2D eigenvalue weighted by Gasteiger charge is 2.25. The molecular formula is C13H16N2O3S. The van der Waals surface area contributed by atoms with Crippen LogP contribution in [0.4, 0.5) is 4.79 Å². The number of rotatable bonds is 4. The van der Waals surface area contributed by atoms with Crippen LogP contribution in [-0.4, -0.2) is 20.5 Å². The van der Waals surface area contributed by atoms with Gasteiger partial charge in [0.15, 0.2) is 0 Å². The van der Waals surface area contributed by atoms with Crippen molar-refractivity contribution in [2.24, 2.45) is 0 Å². The third kappa shape index (κ3) is 4.10. The third-order valence-corrected chi connectivity index (χ3v) is 4.15. The Balaban J connectivity index is 2.05. The van der Waals surface area contributed by atoms with E-state index in [2.05, 4.69) is 5.32 Å². The van der Waals surface area contributed by atoms with Crippen LogP contribution in [0, 0.1) is 0 Å². The second kappa shape index (κ2) is 5.44. The fraction of sp³-hybridized carbons (Fsp3) is 0.308. The Bertz CT molecular complexity index is 590. The first-order chi connectivity index (χ1) is 8.97. The zero-order valence-corrected chi connectivity index (χ0v) is 11.4. The van der Waals surface area contributed by atoms with Crippen LogP contribution in [0.5, 0.6) is 0 Å². The zero-order valence-electron chi connectivity index (χ0n) is 10.6. The second-order valence-corrected chi connectivity index (χ2v) is 6.37. The number of carbonyl (C=O) groups excluding carboxylic acids is 1. The smallest absolute Gasteiger partial charge is 0.328 e. The van der Waals surface area contributed by atoms with Crippen molar-refractivity contribution in [1.82, 2.24) is 10.0 Å². The van der Waals surface area contributed by atoms with Crippen LogP contribution in [-0.2, 0) is 10.0 Å². The summed E-state index contributed by atoms with van der Waals surface area (Å²) in [4.78, 5) is 11.5. The van der Waals surface area contributed by atoms with Crippen molar-refractivity contribution >= 4 is 22.1 Å². The number of allylic oxidation sites excluding steroid dienone is 1. The first-order valence-corrected chi connectivity index (χ1v) is 7.52. The molecule has 0 unspecified atom stereocenters. The van der Waals surface area contributed by atoms with Gasteiger partial charge in [-0.2, -0.15) is 0 Å². The molecule has 19 heavy (non-hydrogen) atoms. The van der Waals surface area contributed by atoms with Crippen molar-refractivity contribution in [1.29, 1.82) is 0 Å². The average molecular weight is 280 g/mol. The Kier molecular flexibility index (Phi) is 3.90. The molecule has 1 aromatic rings. The fourth-order valence-corrected chi connectivity index (χ4v) is 2.26. The molecule has 1 aliphatic carbocycles. The summed E-state index contributed by atoms with van der Waals surface area (Å²) in [6, 6.07) is 8.53. The molecule has 2 amide bonds. The maximum absolute atomic E-state index is 11.9. The van der Waals surface area contributed by atoms with Crippen LogP contribution in [0.1, 0.15) is 25.3 Å². The van der Waals surface area contributed by atoms with Gasteiger partial charge >= 0.3 is 6.03 Å². The van der Waals surface area contributed by atoms with E-state index in [-0.39, 0.29) is 10.9 Å². The molecule has 2 rings (SSSR count).